The topological polar surface area (TPSA) is 56.8 Å². The van der Waals surface area contributed by atoms with Crippen LogP contribution in [0.4, 0.5) is 0 Å². The molecule has 0 saturated heterocycles. The summed E-state index contributed by atoms with van der Waals surface area (Å²) < 4.78 is 16.5. The third-order valence-corrected chi connectivity index (χ3v) is 4.41. The molecule has 0 heterocycles. The summed E-state index contributed by atoms with van der Waals surface area (Å²) in [6.45, 7) is 7.80. The van der Waals surface area contributed by atoms with Crippen LogP contribution in [0.3, 0.4) is 0 Å². The van der Waals surface area contributed by atoms with Crippen molar-refractivity contribution in [2.45, 2.75) is 46.3 Å². The Kier molecular flexibility index (Phi) is 7.11. The second kappa shape index (κ2) is 9.31. The lowest BCUT2D eigenvalue weighted by atomic mass is 10.0. The molecule has 0 aliphatic heterocycles. The van der Waals surface area contributed by atoms with E-state index in [1.165, 1.54) is 0 Å². The van der Waals surface area contributed by atoms with E-state index in [9.17, 15) is 4.79 Å². The Morgan fingerprint density at radius 3 is 2.19 bits per heavy atom. The van der Waals surface area contributed by atoms with Gasteiger partial charge in [0.1, 0.15) is 5.75 Å². The number of benzene rings is 2. The van der Waals surface area contributed by atoms with Gasteiger partial charge in [-0.3, -0.25) is 4.79 Å². The van der Waals surface area contributed by atoms with Crippen LogP contribution in [-0.2, 0) is 4.79 Å². The number of rotatable bonds is 8. The zero-order valence-corrected chi connectivity index (χ0v) is 17.0. The van der Waals surface area contributed by atoms with Crippen molar-refractivity contribution < 1.29 is 19.0 Å². The minimum atomic E-state index is -0.597. The maximum Gasteiger partial charge on any atom is 0.261 e. The van der Waals surface area contributed by atoms with Crippen LogP contribution in [0, 0.1) is 13.8 Å². The summed E-state index contributed by atoms with van der Waals surface area (Å²) in [5.41, 5.74) is 3.17. The molecule has 27 heavy (non-hydrogen) atoms. The SMILES string of the molecule is CC[C@@H](NC(=O)[C@H](C)Oc1cc(C)cc(C)c1)c1ccc(OC)c(OC)c1. The summed E-state index contributed by atoms with van der Waals surface area (Å²) >= 11 is 0. The first kappa shape index (κ1) is 20.6. The Bertz CT molecular complexity index is 768. The Labute approximate surface area is 161 Å². The van der Waals surface area contributed by atoms with E-state index >= 15 is 0 Å². The van der Waals surface area contributed by atoms with Crippen molar-refractivity contribution in [3.63, 3.8) is 0 Å². The molecule has 0 radical (unpaired) electrons. The molecule has 2 atom stereocenters. The van der Waals surface area contributed by atoms with Crippen LogP contribution in [0.25, 0.3) is 0 Å². The van der Waals surface area contributed by atoms with E-state index in [-0.39, 0.29) is 11.9 Å². The number of amides is 1. The lowest BCUT2D eigenvalue weighted by Gasteiger charge is -2.22. The zero-order chi connectivity index (χ0) is 20.0. The molecule has 0 aromatic heterocycles. The van der Waals surface area contributed by atoms with Crippen LogP contribution in [0.15, 0.2) is 36.4 Å². The average molecular weight is 371 g/mol. The molecule has 5 nitrogen and oxygen atoms in total. The van der Waals surface area contributed by atoms with E-state index in [1.807, 2.05) is 51.1 Å². The van der Waals surface area contributed by atoms with E-state index in [0.29, 0.717) is 17.2 Å². The van der Waals surface area contributed by atoms with Crippen molar-refractivity contribution in [3.8, 4) is 17.2 Å². The second-order valence-electron chi connectivity index (χ2n) is 6.67. The maximum absolute atomic E-state index is 12.6. The van der Waals surface area contributed by atoms with Gasteiger partial charge in [-0.2, -0.15) is 0 Å². The summed E-state index contributed by atoms with van der Waals surface area (Å²) in [5, 5.41) is 3.06. The maximum atomic E-state index is 12.6. The predicted octanol–water partition coefficient (Wildman–Crippen LogP) is 4.36. The summed E-state index contributed by atoms with van der Waals surface area (Å²) in [6.07, 6.45) is 0.151. The standard InChI is InChI=1S/C22H29NO4/c1-7-19(17-8-9-20(25-5)21(13-17)26-6)23-22(24)16(4)27-18-11-14(2)10-15(3)12-18/h8-13,16,19H,7H2,1-6H3,(H,23,24)/t16-,19+/m0/s1. The highest BCUT2D eigenvalue weighted by atomic mass is 16.5. The van der Waals surface area contributed by atoms with Gasteiger partial charge >= 0.3 is 0 Å². The Morgan fingerprint density at radius 1 is 1.00 bits per heavy atom. The van der Waals surface area contributed by atoms with Crippen molar-refractivity contribution in [2.75, 3.05) is 14.2 Å². The van der Waals surface area contributed by atoms with Crippen LogP contribution in [-0.4, -0.2) is 26.2 Å². The number of carbonyl (C=O) groups excluding carboxylic acids is 1. The van der Waals surface area contributed by atoms with E-state index < -0.39 is 6.10 Å². The minimum absolute atomic E-state index is 0.136. The molecule has 146 valence electrons. The van der Waals surface area contributed by atoms with Crippen molar-refractivity contribution in [2.24, 2.45) is 0 Å². The molecule has 0 saturated carbocycles. The van der Waals surface area contributed by atoms with Crippen molar-refractivity contribution >= 4 is 5.91 Å². The van der Waals surface area contributed by atoms with Gasteiger partial charge in [0.05, 0.1) is 20.3 Å². The molecule has 1 N–H and O–H groups in total. The molecule has 0 fully saturated rings. The predicted molar refractivity (Wildman–Crippen MR) is 107 cm³/mol. The number of methoxy groups -OCH3 is 2. The monoisotopic (exact) mass is 371 g/mol. The third kappa shape index (κ3) is 5.39. The van der Waals surface area contributed by atoms with Gasteiger partial charge in [0.2, 0.25) is 0 Å². The van der Waals surface area contributed by atoms with Gasteiger partial charge in [0.25, 0.3) is 5.91 Å². The largest absolute Gasteiger partial charge is 0.493 e. The molecule has 5 heteroatoms. The molecule has 2 rings (SSSR count). The Hall–Kier alpha value is -2.69. The molecule has 0 spiro atoms. The summed E-state index contributed by atoms with van der Waals surface area (Å²) in [7, 11) is 3.20. The van der Waals surface area contributed by atoms with Crippen LogP contribution < -0.4 is 19.5 Å². The van der Waals surface area contributed by atoms with Crippen LogP contribution in [0.2, 0.25) is 0 Å². The molecule has 2 aromatic carbocycles. The number of hydrogen-bond acceptors (Lipinski definition) is 4. The fourth-order valence-electron chi connectivity index (χ4n) is 3.04. The van der Waals surface area contributed by atoms with Crippen LogP contribution in [0.5, 0.6) is 17.2 Å². The van der Waals surface area contributed by atoms with Gasteiger partial charge in [-0.25, -0.2) is 0 Å². The van der Waals surface area contributed by atoms with Gasteiger partial charge in [0, 0.05) is 0 Å². The molecule has 0 aliphatic rings. The molecule has 0 aliphatic carbocycles. The first-order chi connectivity index (χ1) is 12.9. The highest BCUT2D eigenvalue weighted by Crippen LogP contribution is 2.31. The van der Waals surface area contributed by atoms with Gasteiger partial charge in [-0.15, -0.1) is 0 Å². The normalized spacial score (nSPS) is 12.8. The summed E-state index contributed by atoms with van der Waals surface area (Å²) in [5.74, 6) is 1.85. The zero-order valence-electron chi connectivity index (χ0n) is 17.0. The van der Waals surface area contributed by atoms with Crippen LogP contribution >= 0.6 is 0 Å². The second-order valence-corrected chi connectivity index (χ2v) is 6.67. The first-order valence-electron chi connectivity index (χ1n) is 9.15. The van der Waals surface area contributed by atoms with Crippen molar-refractivity contribution in [1.82, 2.24) is 5.32 Å². The number of ether oxygens (including phenoxy) is 3. The summed E-state index contributed by atoms with van der Waals surface area (Å²) in [6, 6.07) is 11.5. The van der Waals surface area contributed by atoms with Gasteiger partial charge in [-0.1, -0.05) is 19.1 Å². The molecule has 1 amide bonds. The third-order valence-electron chi connectivity index (χ3n) is 4.41. The fourth-order valence-corrected chi connectivity index (χ4v) is 3.04. The number of nitrogens with one attached hydrogen (secondary N) is 1. The summed E-state index contributed by atoms with van der Waals surface area (Å²) in [4.78, 5) is 12.6. The van der Waals surface area contributed by atoms with Gasteiger partial charge < -0.3 is 19.5 Å². The van der Waals surface area contributed by atoms with E-state index in [4.69, 9.17) is 14.2 Å². The van der Waals surface area contributed by atoms with Crippen molar-refractivity contribution in [3.05, 3.63) is 53.1 Å². The highest BCUT2D eigenvalue weighted by Gasteiger charge is 2.20. The first-order valence-corrected chi connectivity index (χ1v) is 9.15. The fraction of sp³-hybridized carbons (Fsp3) is 0.409. The number of aryl methyl sites for hydroxylation is 2. The van der Waals surface area contributed by atoms with Crippen molar-refractivity contribution in [1.29, 1.82) is 0 Å². The molecule has 0 bridgehead atoms. The van der Waals surface area contributed by atoms with Crippen LogP contribution in [0.1, 0.15) is 43.0 Å². The lowest BCUT2D eigenvalue weighted by molar-refractivity contribution is -0.128. The minimum Gasteiger partial charge on any atom is -0.493 e. The average Bonchev–Trinajstić information content (AvgIpc) is 2.64. The van der Waals surface area contributed by atoms with E-state index in [0.717, 1.165) is 23.1 Å². The lowest BCUT2D eigenvalue weighted by Crippen LogP contribution is -2.38. The number of carbonyl (C=O) groups is 1. The molecule has 2 aromatic rings. The van der Waals surface area contributed by atoms with Gasteiger partial charge in [-0.05, 0) is 68.1 Å². The van der Waals surface area contributed by atoms with E-state index in [2.05, 4.69) is 11.4 Å². The smallest absolute Gasteiger partial charge is 0.261 e. The Morgan fingerprint density at radius 2 is 1.63 bits per heavy atom. The highest BCUT2D eigenvalue weighted by molar-refractivity contribution is 5.81. The Balaban J connectivity index is 2.09. The quantitative estimate of drug-likeness (QED) is 0.749. The molecule has 0 unspecified atom stereocenters. The molecular formula is C22H29NO4. The van der Waals surface area contributed by atoms with E-state index in [1.54, 1.807) is 21.1 Å². The van der Waals surface area contributed by atoms with Gasteiger partial charge in [0.15, 0.2) is 17.6 Å². The molecular weight excluding hydrogens is 342 g/mol. The number of hydrogen-bond donors (Lipinski definition) is 1.